The molecule has 1 aromatic rings. The molecular formula is C15H12N2OS. The first-order valence-corrected chi connectivity index (χ1v) is 7.04. The number of benzene rings is 1. The van der Waals surface area contributed by atoms with Crippen LogP contribution in [0.4, 0.5) is 0 Å². The molecule has 1 aromatic carbocycles. The van der Waals surface area contributed by atoms with Crippen molar-refractivity contribution in [1.82, 2.24) is 0 Å². The summed E-state index contributed by atoms with van der Waals surface area (Å²) in [7, 11) is 0. The number of nitrogens with zero attached hydrogens (tertiary/aromatic N) is 1. The Morgan fingerprint density at radius 1 is 1.37 bits per heavy atom. The van der Waals surface area contributed by atoms with Gasteiger partial charge < -0.3 is 0 Å². The Hall–Kier alpha value is -1.86. The average Bonchev–Trinajstić information content (AvgIpc) is 2.71. The van der Waals surface area contributed by atoms with Crippen LogP contribution in [0.15, 0.2) is 29.8 Å². The van der Waals surface area contributed by atoms with E-state index < -0.39 is 5.92 Å². The normalized spacial score (nSPS) is 25.1. The molecule has 0 fully saturated rings. The molecule has 0 spiro atoms. The molecule has 3 nitrogen and oxygen atoms in total. The molecule has 2 atom stereocenters. The fraction of sp³-hybridized carbons (Fsp3) is 0.267. The minimum atomic E-state index is -0.480. The summed E-state index contributed by atoms with van der Waals surface area (Å²) in [6.45, 7) is 1.97. The molecule has 1 N–H and O–H groups in total. The predicted molar refractivity (Wildman–Crippen MR) is 75.9 cm³/mol. The van der Waals surface area contributed by atoms with Crippen molar-refractivity contribution in [2.24, 2.45) is 11.8 Å². The first kappa shape index (κ1) is 12.2. The highest BCUT2D eigenvalue weighted by Crippen LogP contribution is 2.50. The molecule has 0 bridgehead atoms. The number of allylic oxidation sites excluding steroid dienone is 1. The topological polar surface area (TPSA) is 64.7 Å². The largest absolute Gasteiger partial charge is 0.297 e. The quantitative estimate of drug-likeness (QED) is 0.848. The van der Waals surface area contributed by atoms with E-state index in [0.29, 0.717) is 17.0 Å². The molecule has 0 amide bonds. The second kappa shape index (κ2) is 4.36. The molecule has 0 aromatic heterocycles. The average molecular weight is 268 g/mol. The Morgan fingerprint density at radius 2 is 2.05 bits per heavy atom. The lowest BCUT2D eigenvalue weighted by atomic mass is 9.83. The molecule has 94 valence electrons. The summed E-state index contributed by atoms with van der Waals surface area (Å²) in [6, 6.07) is 9.70. The number of carbonyl (C=O) groups is 1. The van der Waals surface area contributed by atoms with Crippen LogP contribution >= 0.6 is 11.8 Å². The SMILES string of the molecule is CC[C@H]1C2=C(SC(=N)[C@@H]1C#N)c1ccccc1C2=O. The van der Waals surface area contributed by atoms with Gasteiger partial charge in [-0.3, -0.25) is 10.2 Å². The van der Waals surface area contributed by atoms with Crippen LogP contribution in [0.1, 0.15) is 29.3 Å². The number of ketones is 1. The number of rotatable bonds is 1. The van der Waals surface area contributed by atoms with E-state index in [1.54, 1.807) is 0 Å². The number of hydrogen-bond donors (Lipinski definition) is 1. The fourth-order valence-corrected chi connectivity index (χ4v) is 4.04. The van der Waals surface area contributed by atoms with Crippen molar-refractivity contribution in [3.05, 3.63) is 41.0 Å². The monoisotopic (exact) mass is 268 g/mol. The van der Waals surface area contributed by atoms with Gasteiger partial charge in [0.1, 0.15) is 5.92 Å². The van der Waals surface area contributed by atoms with Crippen LogP contribution < -0.4 is 0 Å². The number of nitriles is 1. The molecular weight excluding hydrogens is 256 g/mol. The van der Waals surface area contributed by atoms with Crippen LogP contribution in [-0.2, 0) is 0 Å². The van der Waals surface area contributed by atoms with Crippen LogP contribution in [0.3, 0.4) is 0 Å². The van der Waals surface area contributed by atoms with Gasteiger partial charge in [-0.25, -0.2) is 0 Å². The summed E-state index contributed by atoms with van der Waals surface area (Å²) in [5.41, 5.74) is 2.38. The van der Waals surface area contributed by atoms with E-state index in [1.165, 1.54) is 11.8 Å². The standard InChI is InChI=1S/C15H12N2OS/c1-2-8-11(7-16)15(17)19-14-10-6-4-3-5-9(10)13(18)12(8)14/h3-6,8,11,17H,2H2,1H3/t8-,11-/m1/s1. The van der Waals surface area contributed by atoms with Crippen molar-refractivity contribution >= 4 is 27.5 Å². The lowest BCUT2D eigenvalue weighted by Gasteiger charge is -2.27. The Kier molecular flexibility index (Phi) is 2.79. The molecule has 3 rings (SSSR count). The van der Waals surface area contributed by atoms with Crippen LogP contribution in [-0.4, -0.2) is 10.8 Å². The second-order valence-electron chi connectivity index (χ2n) is 4.71. The second-order valence-corrected chi connectivity index (χ2v) is 5.76. The highest BCUT2D eigenvalue weighted by molar-refractivity contribution is 8.21. The van der Waals surface area contributed by atoms with E-state index in [9.17, 15) is 10.1 Å². The number of nitrogens with one attached hydrogen (secondary N) is 1. The van der Waals surface area contributed by atoms with E-state index in [1.807, 2.05) is 31.2 Å². The molecule has 0 saturated carbocycles. The predicted octanol–water partition coefficient (Wildman–Crippen LogP) is 3.48. The fourth-order valence-electron chi connectivity index (χ4n) is 2.83. The van der Waals surface area contributed by atoms with E-state index in [-0.39, 0.29) is 11.7 Å². The van der Waals surface area contributed by atoms with Gasteiger partial charge in [0.2, 0.25) is 0 Å². The van der Waals surface area contributed by atoms with Gasteiger partial charge >= 0.3 is 0 Å². The smallest absolute Gasteiger partial charge is 0.191 e. The van der Waals surface area contributed by atoms with Gasteiger partial charge in [0.05, 0.1) is 11.1 Å². The number of Topliss-reactive ketones (excluding diaryl/α,β-unsaturated/α-hetero) is 1. The van der Waals surface area contributed by atoms with Crippen LogP contribution in [0.2, 0.25) is 0 Å². The zero-order chi connectivity index (χ0) is 13.6. The van der Waals surface area contributed by atoms with Gasteiger partial charge in [-0.05, 0) is 12.0 Å². The van der Waals surface area contributed by atoms with Gasteiger partial charge in [-0.1, -0.05) is 43.0 Å². The summed E-state index contributed by atoms with van der Waals surface area (Å²) < 4.78 is 0. The highest BCUT2D eigenvalue weighted by Gasteiger charge is 2.43. The van der Waals surface area contributed by atoms with Gasteiger partial charge in [0.15, 0.2) is 5.78 Å². The molecule has 0 unspecified atom stereocenters. The minimum absolute atomic E-state index is 0.0395. The van der Waals surface area contributed by atoms with Gasteiger partial charge in [-0.15, -0.1) is 0 Å². The summed E-state index contributed by atoms with van der Waals surface area (Å²) in [6.07, 6.45) is 0.708. The van der Waals surface area contributed by atoms with Gasteiger partial charge in [0, 0.05) is 22.0 Å². The highest BCUT2D eigenvalue weighted by atomic mass is 32.2. The van der Waals surface area contributed by atoms with E-state index in [0.717, 1.165) is 16.0 Å². The Bertz CT molecular complexity index is 669. The summed E-state index contributed by atoms with van der Waals surface area (Å²) >= 11 is 1.27. The van der Waals surface area contributed by atoms with Crippen molar-refractivity contribution in [2.45, 2.75) is 13.3 Å². The molecule has 2 aliphatic rings. The van der Waals surface area contributed by atoms with E-state index in [4.69, 9.17) is 5.41 Å². The third-order valence-electron chi connectivity index (χ3n) is 3.75. The first-order valence-electron chi connectivity index (χ1n) is 6.23. The van der Waals surface area contributed by atoms with Crippen molar-refractivity contribution in [3.8, 4) is 6.07 Å². The van der Waals surface area contributed by atoms with E-state index >= 15 is 0 Å². The number of hydrogen-bond acceptors (Lipinski definition) is 4. The zero-order valence-electron chi connectivity index (χ0n) is 10.4. The molecule has 1 aliphatic heterocycles. The van der Waals surface area contributed by atoms with Crippen molar-refractivity contribution in [1.29, 1.82) is 10.7 Å². The van der Waals surface area contributed by atoms with Crippen LogP contribution in [0.5, 0.6) is 0 Å². The number of fused-ring (bicyclic) bond motifs is 2. The molecule has 1 heterocycles. The lowest BCUT2D eigenvalue weighted by Crippen LogP contribution is -2.27. The minimum Gasteiger partial charge on any atom is -0.297 e. The summed E-state index contributed by atoms with van der Waals surface area (Å²) in [4.78, 5) is 13.4. The van der Waals surface area contributed by atoms with Gasteiger partial charge in [-0.2, -0.15) is 5.26 Å². The number of carbonyl (C=O) groups excluding carboxylic acids is 1. The lowest BCUT2D eigenvalue weighted by molar-refractivity contribution is 0.102. The molecule has 19 heavy (non-hydrogen) atoms. The first-order chi connectivity index (χ1) is 9.19. The maximum absolute atomic E-state index is 12.5. The third kappa shape index (κ3) is 1.58. The Morgan fingerprint density at radius 3 is 2.68 bits per heavy atom. The molecule has 1 aliphatic carbocycles. The Labute approximate surface area is 115 Å². The maximum atomic E-state index is 12.5. The maximum Gasteiger partial charge on any atom is 0.191 e. The summed E-state index contributed by atoms with van der Waals surface area (Å²) in [5, 5.41) is 17.6. The molecule has 0 radical (unpaired) electrons. The third-order valence-corrected chi connectivity index (χ3v) is 4.87. The summed E-state index contributed by atoms with van der Waals surface area (Å²) in [5.74, 6) is -0.585. The van der Waals surface area contributed by atoms with Crippen LogP contribution in [0.25, 0.3) is 4.91 Å². The van der Waals surface area contributed by atoms with Crippen molar-refractivity contribution < 1.29 is 4.79 Å². The van der Waals surface area contributed by atoms with Gasteiger partial charge in [0.25, 0.3) is 0 Å². The van der Waals surface area contributed by atoms with Crippen LogP contribution in [0, 0.1) is 28.6 Å². The number of thioether (sulfide) groups is 1. The van der Waals surface area contributed by atoms with Crippen molar-refractivity contribution in [3.63, 3.8) is 0 Å². The van der Waals surface area contributed by atoms with E-state index in [2.05, 4.69) is 6.07 Å². The Balaban J connectivity index is 2.21. The molecule has 4 heteroatoms. The van der Waals surface area contributed by atoms with Crippen molar-refractivity contribution in [2.75, 3.05) is 0 Å². The zero-order valence-corrected chi connectivity index (χ0v) is 11.3. The molecule has 0 saturated heterocycles.